The second-order valence-corrected chi connectivity index (χ2v) is 10.0. The van der Waals surface area contributed by atoms with Crippen LogP contribution in [0.2, 0.25) is 0 Å². The number of nitrogens with zero attached hydrogens (tertiary/aromatic N) is 3. The van der Waals surface area contributed by atoms with Crippen LogP contribution in [0, 0.1) is 6.92 Å². The molecule has 7 nitrogen and oxygen atoms in total. The number of hydrogen-bond donors (Lipinski definition) is 2. The number of halogens is 4. The predicted octanol–water partition coefficient (Wildman–Crippen LogP) is 4.89. The Morgan fingerprint density at radius 2 is 1.97 bits per heavy atom. The first kappa shape index (κ1) is 26.0. The lowest BCUT2D eigenvalue weighted by Crippen LogP contribution is -2.46. The maximum Gasteiger partial charge on any atom is 0.451 e. The highest BCUT2D eigenvalue weighted by Gasteiger charge is 2.35. The normalized spacial score (nSPS) is 19.1. The summed E-state index contributed by atoms with van der Waals surface area (Å²) in [6.45, 7) is 4.31. The Hall–Kier alpha value is -3.12. The molecule has 1 aliphatic heterocycles. The average molecular weight is 524 g/mol. The fraction of sp³-hybridized carbons (Fsp3) is 0.417. The largest absolute Gasteiger partial charge is 0.490 e. The number of benzene rings is 1. The first-order valence-corrected chi connectivity index (χ1v) is 12.1. The van der Waals surface area contributed by atoms with Crippen LogP contribution in [0.3, 0.4) is 0 Å². The number of alkyl halides is 4. The molecule has 1 aliphatic rings. The van der Waals surface area contributed by atoms with E-state index in [9.17, 15) is 18.0 Å². The molecule has 0 saturated carbocycles. The van der Waals surface area contributed by atoms with E-state index in [1.807, 2.05) is 6.92 Å². The highest BCUT2D eigenvalue weighted by Crippen LogP contribution is 2.31. The summed E-state index contributed by atoms with van der Waals surface area (Å²) in [6.07, 6.45) is 0.209. The van der Waals surface area contributed by atoms with Crippen LogP contribution < -0.4 is 15.4 Å². The number of amides is 1. The SMILES string of the molecule is Cc1cnc(-c2cc(OCC3(F)CCCNC3)cc(C(=O)N[C@H](C)c3cnc(C(F)(F)F)nc3)c2)s1. The summed E-state index contributed by atoms with van der Waals surface area (Å²) in [6, 6.07) is 4.19. The summed E-state index contributed by atoms with van der Waals surface area (Å²) >= 11 is 1.44. The van der Waals surface area contributed by atoms with Gasteiger partial charge in [0, 0.05) is 46.7 Å². The molecule has 3 heterocycles. The number of carbonyl (C=O) groups is 1. The van der Waals surface area contributed by atoms with Crippen molar-refractivity contribution in [2.75, 3.05) is 19.7 Å². The molecule has 4 rings (SSSR count). The monoisotopic (exact) mass is 523 g/mol. The Labute approximate surface area is 209 Å². The van der Waals surface area contributed by atoms with Crippen LogP contribution in [0.4, 0.5) is 17.6 Å². The average Bonchev–Trinajstić information content (AvgIpc) is 3.29. The molecule has 0 spiro atoms. The zero-order valence-electron chi connectivity index (χ0n) is 19.7. The van der Waals surface area contributed by atoms with Crippen molar-refractivity contribution in [3.8, 4) is 16.3 Å². The Balaban J connectivity index is 1.54. The summed E-state index contributed by atoms with van der Waals surface area (Å²) in [5.74, 6) is -1.42. The molecule has 1 aromatic carbocycles. The van der Waals surface area contributed by atoms with Crippen LogP contribution in [-0.4, -0.2) is 46.2 Å². The third-order valence-electron chi connectivity index (χ3n) is 5.73. The molecular weight excluding hydrogens is 498 g/mol. The van der Waals surface area contributed by atoms with E-state index in [1.165, 1.54) is 17.4 Å². The Bertz CT molecular complexity index is 1210. The van der Waals surface area contributed by atoms with Crippen LogP contribution in [-0.2, 0) is 6.18 Å². The number of aromatic nitrogens is 3. The van der Waals surface area contributed by atoms with Crippen LogP contribution in [0.15, 0.2) is 36.8 Å². The number of hydrogen-bond acceptors (Lipinski definition) is 7. The summed E-state index contributed by atoms with van der Waals surface area (Å²) in [7, 11) is 0. The van der Waals surface area contributed by atoms with Gasteiger partial charge in [0.15, 0.2) is 5.67 Å². The topological polar surface area (TPSA) is 89.0 Å². The van der Waals surface area contributed by atoms with Crippen molar-refractivity contribution in [3.63, 3.8) is 0 Å². The molecule has 1 amide bonds. The lowest BCUT2D eigenvalue weighted by molar-refractivity contribution is -0.145. The maximum atomic E-state index is 15.0. The first-order valence-electron chi connectivity index (χ1n) is 11.3. The predicted molar refractivity (Wildman–Crippen MR) is 127 cm³/mol. The van der Waals surface area contributed by atoms with E-state index < -0.39 is 29.6 Å². The zero-order valence-corrected chi connectivity index (χ0v) is 20.5. The van der Waals surface area contributed by atoms with Gasteiger partial charge in [-0.1, -0.05) is 0 Å². The van der Waals surface area contributed by atoms with Gasteiger partial charge >= 0.3 is 6.18 Å². The number of ether oxygens (including phenoxy) is 1. The minimum absolute atomic E-state index is 0.166. The number of piperidine rings is 1. The molecule has 2 atom stereocenters. The van der Waals surface area contributed by atoms with Crippen LogP contribution >= 0.6 is 11.3 Å². The first-order chi connectivity index (χ1) is 17.0. The summed E-state index contributed by atoms with van der Waals surface area (Å²) < 4.78 is 59.1. The number of carbonyl (C=O) groups excluding carboxylic acids is 1. The van der Waals surface area contributed by atoms with Crippen molar-refractivity contribution >= 4 is 17.2 Å². The van der Waals surface area contributed by atoms with E-state index >= 15 is 4.39 Å². The number of thiazole rings is 1. The molecule has 1 saturated heterocycles. The van der Waals surface area contributed by atoms with E-state index in [2.05, 4.69) is 25.6 Å². The van der Waals surface area contributed by atoms with Gasteiger partial charge in [-0.2, -0.15) is 13.2 Å². The van der Waals surface area contributed by atoms with Crippen molar-refractivity contribution in [1.29, 1.82) is 0 Å². The fourth-order valence-corrected chi connectivity index (χ4v) is 4.51. The molecule has 0 bridgehead atoms. The molecule has 2 aromatic heterocycles. The molecule has 2 N–H and O–H groups in total. The third kappa shape index (κ3) is 6.35. The van der Waals surface area contributed by atoms with Crippen molar-refractivity contribution in [2.45, 2.75) is 44.6 Å². The standard InChI is InChI=1S/C24H25F4N5O2S/c1-14-9-30-21(36-14)17-6-16(7-19(8-17)35-13-23(25)4-3-5-29-12-23)20(34)33-15(2)18-10-31-22(32-11-18)24(26,27)28/h6-11,15,29H,3-5,12-13H2,1-2H3,(H,33,34)/t15-,23?/m1/s1. The summed E-state index contributed by atoms with van der Waals surface area (Å²) in [5, 5.41) is 6.44. The molecule has 36 heavy (non-hydrogen) atoms. The highest BCUT2D eigenvalue weighted by atomic mass is 32.1. The van der Waals surface area contributed by atoms with Crippen molar-refractivity contribution in [1.82, 2.24) is 25.6 Å². The molecule has 12 heteroatoms. The van der Waals surface area contributed by atoms with Gasteiger partial charge in [0.05, 0.1) is 6.04 Å². The van der Waals surface area contributed by atoms with Gasteiger partial charge in [-0.05, 0) is 51.4 Å². The minimum atomic E-state index is -4.65. The van der Waals surface area contributed by atoms with Crippen molar-refractivity contribution in [3.05, 3.63) is 58.6 Å². The fourth-order valence-electron chi connectivity index (χ4n) is 3.76. The number of rotatable bonds is 7. The molecular formula is C24H25F4N5O2S. The van der Waals surface area contributed by atoms with E-state index in [4.69, 9.17) is 4.74 Å². The van der Waals surface area contributed by atoms with E-state index in [0.717, 1.165) is 23.8 Å². The van der Waals surface area contributed by atoms with Gasteiger partial charge < -0.3 is 15.4 Å². The van der Waals surface area contributed by atoms with E-state index in [0.29, 0.717) is 34.7 Å². The minimum Gasteiger partial charge on any atom is -0.490 e. The quantitative estimate of drug-likeness (QED) is 0.429. The zero-order chi connectivity index (χ0) is 25.9. The molecule has 1 fully saturated rings. The van der Waals surface area contributed by atoms with Crippen LogP contribution in [0.5, 0.6) is 5.75 Å². The smallest absolute Gasteiger partial charge is 0.451 e. The second kappa shape index (κ2) is 10.5. The highest BCUT2D eigenvalue weighted by molar-refractivity contribution is 7.14. The van der Waals surface area contributed by atoms with Gasteiger partial charge in [0.2, 0.25) is 5.82 Å². The summed E-state index contributed by atoms with van der Waals surface area (Å²) in [5.41, 5.74) is -0.324. The lowest BCUT2D eigenvalue weighted by Gasteiger charge is -2.30. The van der Waals surface area contributed by atoms with Crippen molar-refractivity contribution < 1.29 is 27.1 Å². The van der Waals surface area contributed by atoms with Crippen LogP contribution in [0.1, 0.15) is 52.4 Å². The third-order valence-corrected chi connectivity index (χ3v) is 6.69. The van der Waals surface area contributed by atoms with Crippen LogP contribution in [0.25, 0.3) is 10.6 Å². The summed E-state index contributed by atoms with van der Waals surface area (Å²) in [4.78, 5) is 25.1. The Kier molecular flexibility index (Phi) is 7.55. The van der Waals surface area contributed by atoms with Gasteiger partial charge in [0.25, 0.3) is 5.91 Å². The second-order valence-electron chi connectivity index (χ2n) is 8.77. The molecule has 1 unspecified atom stereocenters. The number of nitrogens with one attached hydrogen (secondary N) is 2. The molecule has 192 valence electrons. The van der Waals surface area contributed by atoms with Gasteiger partial charge in [-0.15, -0.1) is 11.3 Å². The Morgan fingerprint density at radius 3 is 2.58 bits per heavy atom. The lowest BCUT2D eigenvalue weighted by atomic mass is 9.97. The Morgan fingerprint density at radius 1 is 1.22 bits per heavy atom. The van der Waals surface area contributed by atoms with E-state index in [-0.39, 0.29) is 18.7 Å². The van der Waals surface area contributed by atoms with Crippen molar-refractivity contribution in [2.24, 2.45) is 0 Å². The van der Waals surface area contributed by atoms with Gasteiger partial charge in [0.1, 0.15) is 17.4 Å². The van der Waals surface area contributed by atoms with E-state index in [1.54, 1.807) is 25.3 Å². The maximum absolute atomic E-state index is 15.0. The molecule has 3 aromatic rings. The number of aryl methyl sites for hydroxylation is 1. The molecule has 0 aliphatic carbocycles. The molecule has 0 radical (unpaired) electrons. The van der Waals surface area contributed by atoms with Gasteiger partial charge in [-0.3, -0.25) is 4.79 Å². The van der Waals surface area contributed by atoms with Gasteiger partial charge in [-0.25, -0.2) is 19.3 Å².